The van der Waals surface area contributed by atoms with Crippen molar-refractivity contribution in [3.63, 3.8) is 0 Å². The van der Waals surface area contributed by atoms with Gasteiger partial charge in [-0.25, -0.2) is 4.79 Å². The van der Waals surface area contributed by atoms with Crippen LogP contribution in [-0.2, 0) is 4.74 Å². The van der Waals surface area contributed by atoms with E-state index >= 15 is 0 Å². The van der Waals surface area contributed by atoms with Crippen LogP contribution in [0, 0.1) is 5.41 Å². The van der Waals surface area contributed by atoms with Gasteiger partial charge in [-0.05, 0) is 33.1 Å². The van der Waals surface area contributed by atoms with Crippen molar-refractivity contribution in [3.8, 4) is 0 Å². The first-order valence-corrected chi connectivity index (χ1v) is 5.02. The van der Waals surface area contributed by atoms with Gasteiger partial charge in [-0.2, -0.15) is 0 Å². The molecule has 0 saturated carbocycles. The third kappa shape index (κ3) is 5.84. The molecule has 1 unspecified atom stereocenters. The smallest absolute Gasteiger partial charge is 0.407 e. The molecule has 0 aliphatic heterocycles. The van der Waals surface area contributed by atoms with Crippen LogP contribution in [-0.4, -0.2) is 17.7 Å². The predicted molar refractivity (Wildman–Crippen MR) is 58.3 cm³/mol. The van der Waals surface area contributed by atoms with Crippen LogP contribution >= 0.6 is 0 Å². The van der Waals surface area contributed by atoms with Gasteiger partial charge in [0.1, 0.15) is 5.60 Å². The number of ether oxygens (including phenoxy) is 1. The highest BCUT2D eigenvalue weighted by Crippen LogP contribution is 2.19. The van der Waals surface area contributed by atoms with Gasteiger partial charge < -0.3 is 10.1 Å². The van der Waals surface area contributed by atoms with Crippen LogP contribution in [0.4, 0.5) is 4.79 Å². The van der Waals surface area contributed by atoms with E-state index in [2.05, 4.69) is 26.1 Å². The molecule has 3 heteroatoms. The number of nitrogens with one attached hydrogen (secondary N) is 1. The number of rotatable bonds is 1. The van der Waals surface area contributed by atoms with E-state index in [1.165, 1.54) is 0 Å². The largest absolute Gasteiger partial charge is 0.444 e. The van der Waals surface area contributed by atoms with E-state index in [1.54, 1.807) is 0 Å². The maximum atomic E-state index is 11.4. The van der Waals surface area contributed by atoms with Gasteiger partial charge in [0.15, 0.2) is 0 Å². The minimum Gasteiger partial charge on any atom is -0.444 e. The number of amides is 1. The summed E-state index contributed by atoms with van der Waals surface area (Å²) in [7, 11) is 0. The number of hydrogen-bond acceptors (Lipinski definition) is 2. The minimum absolute atomic E-state index is 0.0525. The average Bonchev–Trinajstić information content (AvgIpc) is 1.79. The average molecular weight is 201 g/mol. The predicted octanol–water partition coefficient (Wildman–Crippen LogP) is 2.95. The standard InChI is InChI=1S/C11H23NO2/c1-8(10(2,3)4)12-9(13)14-11(5,6)7/h8H,1-7H3,(H,12,13). The Balaban J connectivity index is 4.09. The third-order valence-electron chi connectivity index (χ3n) is 2.03. The molecule has 0 fully saturated rings. The van der Waals surface area contributed by atoms with E-state index in [0.717, 1.165) is 0 Å². The van der Waals surface area contributed by atoms with E-state index in [9.17, 15) is 4.79 Å². The maximum Gasteiger partial charge on any atom is 0.407 e. The SMILES string of the molecule is CC(NC(=O)OC(C)(C)C)C(C)(C)C. The number of alkyl carbamates (subject to hydrolysis) is 1. The van der Waals surface area contributed by atoms with Crippen LogP contribution in [0.2, 0.25) is 0 Å². The van der Waals surface area contributed by atoms with Crippen LogP contribution in [0.15, 0.2) is 0 Å². The van der Waals surface area contributed by atoms with Crippen molar-refractivity contribution in [1.29, 1.82) is 0 Å². The second-order valence-corrected chi connectivity index (χ2v) is 5.73. The molecule has 0 radical (unpaired) electrons. The van der Waals surface area contributed by atoms with Gasteiger partial charge in [0.25, 0.3) is 0 Å². The Labute approximate surface area is 87.2 Å². The lowest BCUT2D eigenvalue weighted by atomic mass is 9.88. The molecule has 0 saturated heterocycles. The highest BCUT2D eigenvalue weighted by Gasteiger charge is 2.24. The molecule has 14 heavy (non-hydrogen) atoms. The molecule has 0 aromatic heterocycles. The van der Waals surface area contributed by atoms with Gasteiger partial charge in [0, 0.05) is 6.04 Å². The zero-order valence-corrected chi connectivity index (χ0v) is 10.4. The Morgan fingerprint density at radius 1 is 1.14 bits per heavy atom. The Morgan fingerprint density at radius 2 is 1.57 bits per heavy atom. The fraction of sp³-hybridized carbons (Fsp3) is 0.909. The number of carbonyl (C=O) groups is 1. The quantitative estimate of drug-likeness (QED) is 0.708. The molecule has 0 aromatic rings. The van der Waals surface area contributed by atoms with Crippen LogP contribution in [0.1, 0.15) is 48.5 Å². The van der Waals surface area contributed by atoms with Gasteiger partial charge in [-0.3, -0.25) is 0 Å². The van der Waals surface area contributed by atoms with Crippen molar-refractivity contribution in [2.45, 2.75) is 60.1 Å². The van der Waals surface area contributed by atoms with Gasteiger partial charge in [0.2, 0.25) is 0 Å². The lowest BCUT2D eigenvalue weighted by Crippen LogP contribution is -2.43. The zero-order valence-electron chi connectivity index (χ0n) is 10.4. The normalized spacial score (nSPS) is 14.8. The first-order chi connectivity index (χ1) is 6.02. The highest BCUT2D eigenvalue weighted by atomic mass is 16.6. The summed E-state index contributed by atoms with van der Waals surface area (Å²) in [5.41, 5.74) is -0.376. The molecule has 1 atom stereocenters. The van der Waals surface area contributed by atoms with E-state index in [1.807, 2.05) is 27.7 Å². The van der Waals surface area contributed by atoms with Crippen LogP contribution in [0.25, 0.3) is 0 Å². The highest BCUT2D eigenvalue weighted by molar-refractivity contribution is 5.68. The second kappa shape index (κ2) is 4.20. The molecule has 3 nitrogen and oxygen atoms in total. The Kier molecular flexibility index (Phi) is 3.98. The Hall–Kier alpha value is -0.730. The monoisotopic (exact) mass is 201 g/mol. The molecular formula is C11H23NO2. The third-order valence-corrected chi connectivity index (χ3v) is 2.03. The molecule has 0 heterocycles. The Morgan fingerprint density at radius 3 is 1.86 bits per heavy atom. The minimum atomic E-state index is -0.429. The molecule has 0 rings (SSSR count). The maximum absolute atomic E-state index is 11.4. The summed E-state index contributed by atoms with van der Waals surface area (Å²) in [5.74, 6) is 0. The summed E-state index contributed by atoms with van der Waals surface area (Å²) in [6.45, 7) is 13.8. The second-order valence-electron chi connectivity index (χ2n) is 5.73. The molecule has 0 aliphatic rings. The molecule has 0 aliphatic carbocycles. The molecule has 0 aromatic carbocycles. The van der Waals surface area contributed by atoms with Crippen molar-refractivity contribution in [2.24, 2.45) is 5.41 Å². The summed E-state index contributed by atoms with van der Waals surface area (Å²) >= 11 is 0. The van der Waals surface area contributed by atoms with Crippen LogP contribution in [0.3, 0.4) is 0 Å². The number of carbonyl (C=O) groups excluding carboxylic acids is 1. The topological polar surface area (TPSA) is 38.3 Å². The van der Waals surface area contributed by atoms with Crippen molar-refractivity contribution >= 4 is 6.09 Å². The number of hydrogen-bond donors (Lipinski definition) is 1. The molecule has 84 valence electrons. The molecule has 0 bridgehead atoms. The van der Waals surface area contributed by atoms with Crippen LogP contribution < -0.4 is 5.32 Å². The first kappa shape index (κ1) is 13.3. The lowest BCUT2D eigenvalue weighted by molar-refractivity contribution is 0.0473. The molecular weight excluding hydrogens is 178 g/mol. The summed E-state index contributed by atoms with van der Waals surface area (Å²) in [6.07, 6.45) is -0.347. The fourth-order valence-corrected chi connectivity index (χ4v) is 0.701. The summed E-state index contributed by atoms with van der Waals surface area (Å²) in [6, 6.07) is 0.0948. The van der Waals surface area contributed by atoms with Gasteiger partial charge in [0.05, 0.1) is 0 Å². The molecule has 1 N–H and O–H groups in total. The Bertz CT molecular complexity index is 198. The van der Waals surface area contributed by atoms with Gasteiger partial charge in [-0.1, -0.05) is 20.8 Å². The molecule has 0 spiro atoms. The van der Waals surface area contributed by atoms with Gasteiger partial charge >= 0.3 is 6.09 Å². The summed E-state index contributed by atoms with van der Waals surface area (Å²) < 4.78 is 5.15. The molecule has 1 amide bonds. The van der Waals surface area contributed by atoms with Crippen molar-refractivity contribution in [3.05, 3.63) is 0 Å². The van der Waals surface area contributed by atoms with E-state index in [4.69, 9.17) is 4.74 Å². The fourth-order valence-electron chi connectivity index (χ4n) is 0.701. The van der Waals surface area contributed by atoms with E-state index in [-0.39, 0.29) is 17.6 Å². The van der Waals surface area contributed by atoms with Crippen molar-refractivity contribution in [1.82, 2.24) is 5.32 Å². The van der Waals surface area contributed by atoms with Gasteiger partial charge in [-0.15, -0.1) is 0 Å². The first-order valence-electron chi connectivity index (χ1n) is 5.02. The zero-order chi connectivity index (χ0) is 11.6. The lowest BCUT2D eigenvalue weighted by Gasteiger charge is -2.29. The summed E-state index contributed by atoms with van der Waals surface area (Å²) in [4.78, 5) is 11.4. The van der Waals surface area contributed by atoms with Crippen molar-refractivity contribution < 1.29 is 9.53 Å². The van der Waals surface area contributed by atoms with E-state index in [0.29, 0.717) is 0 Å². The summed E-state index contributed by atoms with van der Waals surface area (Å²) in [5, 5.41) is 2.82. The van der Waals surface area contributed by atoms with Crippen LogP contribution in [0.5, 0.6) is 0 Å². The van der Waals surface area contributed by atoms with Crippen molar-refractivity contribution in [2.75, 3.05) is 0 Å². The van der Waals surface area contributed by atoms with E-state index < -0.39 is 5.60 Å².